The summed E-state index contributed by atoms with van der Waals surface area (Å²) in [5.74, 6) is -2.24. The first-order chi connectivity index (χ1) is 6.98. The lowest BCUT2D eigenvalue weighted by molar-refractivity contribution is 0.0167. The number of nitrogens with one attached hydrogen (secondary N) is 1. The van der Waals surface area contributed by atoms with E-state index in [4.69, 9.17) is 4.74 Å². The van der Waals surface area contributed by atoms with Crippen LogP contribution in [0.1, 0.15) is 12.5 Å². The van der Waals surface area contributed by atoms with Crippen molar-refractivity contribution in [1.82, 2.24) is 0 Å². The number of hydrogen-bond donors (Lipinski definition) is 1. The average Bonchev–Trinajstić information content (AvgIpc) is 2.15. The van der Waals surface area contributed by atoms with E-state index in [1.165, 1.54) is 6.07 Å². The first kappa shape index (κ1) is 10.7. The molecule has 0 amide bonds. The summed E-state index contributed by atoms with van der Waals surface area (Å²) in [5, 5.41) is 3.02. The second-order valence-corrected chi connectivity index (χ2v) is 4.35. The van der Waals surface area contributed by atoms with Crippen LogP contribution in [-0.4, -0.2) is 13.2 Å². The number of benzene rings is 1. The molecule has 0 unspecified atom stereocenters. The van der Waals surface area contributed by atoms with Crippen molar-refractivity contribution in [2.75, 3.05) is 18.5 Å². The van der Waals surface area contributed by atoms with E-state index in [2.05, 4.69) is 21.2 Å². The number of rotatable bonds is 1. The van der Waals surface area contributed by atoms with Crippen molar-refractivity contribution in [3.05, 3.63) is 22.2 Å². The zero-order chi connectivity index (χ0) is 11.1. The number of hydrogen-bond acceptors (Lipinski definition) is 2. The maximum atomic E-state index is 13.2. The van der Waals surface area contributed by atoms with Gasteiger partial charge >= 0.3 is 0 Å². The Balaban J connectivity index is 2.50. The van der Waals surface area contributed by atoms with Gasteiger partial charge in [0.05, 0.1) is 5.69 Å². The zero-order valence-corrected chi connectivity index (χ0v) is 9.70. The second kappa shape index (κ2) is 3.63. The van der Waals surface area contributed by atoms with Gasteiger partial charge in [0.25, 0.3) is 5.92 Å². The molecule has 0 bridgehead atoms. The molecule has 0 saturated heterocycles. The molecule has 0 atom stereocenters. The molecule has 2 rings (SSSR count). The normalized spacial score (nSPS) is 15.2. The van der Waals surface area contributed by atoms with Gasteiger partial charge < -0.3 is 10.1 Å². The van der Waals surface area contributed by atoms with Crippen LogP contribution in [0.2, 0.25) is 0 Å². The minimum absolute atomic E-state index is 0.0285. The third kappa shape index (κ3) is 2.07. The minimum Gasteiger partial charge on any atom is -0.490 e. The molecule has 1 aliphatic rings. The van der Waals surface area contributed by atoms with Crippen molar-refractivity contribution in [2.45, 2.75) is 12.8 Å². The Morgan fingerprint density at radius 2 is 2.20 bits per heavy atom. The third-order valence-electron chi connectivity index (χ3n) is 2.22. The van der Waals surface area contributed by atoms with Crippen molar-refractivity contribution in [3.8, 4) is 5.75 Å². The molecule has 0 aromatic heterocycles. The van der Waals surface area contributed by atoms with Gasteiger partial charge in [0.15, 0.2) is 0 Å². The van der Waals surface area contributed by atoms with Crippen molar-refractivity contribution in [1.29, 1.82) is 0 Å². The fourth-order valence-corrected chi connectivity index (χ4v) is 2.17. The molecule has 15 heavy (non-hydrogen) atoms. The molecular weight excluding hydrogens is 268 g/mol. The molecular formula is C10H10BrF2NO. The highest BCUT2D eigenvalue weighted by atomic mass is 79.9. The van der Waals surface area contributed by atoms with Gasteiger partial charge in [0.1, 0.15) is 12.4 Å². The molecule has 5 heteroatoms. The fourth-order valence-electron chi connectivity index (χ4n) is 1.50. The Bertz CT molecular complexity index is 390. The van der Waals surface area contributed by atoms with E-state index >= 15 is 0 Å². The van der Waals surface area contributed by atoms with Crippen LogP contribution in [0.25, 0.3) is 0 Å². The quantitative estimate of drug-likeness (QED) is 0.850. The van der Waals surface area contributed by atoms with E-state index in [1.54, 1.807) is 6.07 Å². The zero-order valence-electron chi connectivity index (χ0n) is 8.11. The Kier molecular flexibility index (Phi) is 2.58. The highest BCUT2D eigenvalue weighted by Gasteiger charge is 2.29. The van der Waals surface area contributed by atoms with Crippen LogP contribution in [0, 0.1) is 0 Å². The van der Waals surface area contributed by atoms with Crippen LogP contribution in [0.5, 0.6) is 5.75 Å². The molecule has 0 aliphatic carbocycles. The van der Waals surface area contributed by atoms with Gasteiger partial charge in [-0.15, -0.1) is 0 Å². The lowest BCUT2D eigenvalue weighted by Gasteiger charge is -2.22. The number of alkyl halides is 2. The fraction of sp³-hybridized carbons (Fsp3) is 0.400. The van der Waals surface area contributed by atoms with Gasteiger partial charge in [-0.3, -0.25) is 0 Å². The molecule has 0 radical (unpaired) electrons. The van der Waals surface area contributed by atoms with Gasteiger partial charge in [0.2, 0.25) is 0 Å². The SMILES string of the molecule is CC(F)(F)c1cc2c(cc1Br)OCCN2. The van der Waals surface area contributed by atoms with E-state index in [9.17, 15) is 8.78 Å². The Morgan fingerprint density at radius 3 is 2.87 bits per heavy atom. The Hall–Kier alpha value is -0.840. The van der Waals surface area contributed by atoms with Crippen molar-refractivity contribution in [3.63, 3.8) is 0 Å². The lowest BCUT2D eigenvalue weighted by Crippen LogP contribution is -2.19. The van der Waals surface area contributed by atoms with E-state index < -0.39 is 5.92 Å². The average molecular weight is 278 g/mol. The van der Waals surface area contributed by atoms with Gasteiger partial charge in [0, 0.05) is 23.5 Å². The molecule has 0 spiro atoms. The largest absolute Gasteiger partial charge is 0.490 e. The Labute approximate surface area is 94.7 Å². The summed E-state index contributed by atoms with van der Waals surface area (Å²) < 4.78 is 32.1. The number of anilines is 1. The van der Waals surface area contributed by atoms with E-state index in [1.807, 2.05) is 0 Å². The molecule has 0 fully saturated rings. The van der Waals surface area contributed by atoms with Gasteiger partial charge in [-0.1, -0.05) is 15.9 Å². The predicted molar refractivity (Wildman–Crippen MR) is 57.7 cm³/mol. The molecule has 1 heterocycles. The monoisotopic (exact) mass is 277 g/mol. The van der Waals surface area contributed by atoms with Crippen LogP contribution in [-0.2, 0) is 5.92 Å². The van der Waals surface area contributed by atoms with Gasteiger partial charge in [-0.2, -0.15) is 0 Å². The van der Waals surface area contributed by atoms with Crippen LogP contribution < -0.4 is 10.1 Å². The van der Waals surface area contributed by atoms with Crippen LogP contribution in [0.4, 0.5) is 14.5 Å². The molecule has 82 valence electrons. The van der Waals surface area contributed by atoms with Gasteiger partial charge in [-0.05, 0) is 12.1 Å². The van der Waals surface area contributed by atoms with E-state index in [-0.39, 0.29) is 5.56 Å². The standard InChI is InChI=1S/C10H10BrF2NO/c1-10(12,13)6-4-8-9(5-7(6)11)15-3-2-14-8/h4-5,14H,2-3H2,1H3. The summed E-state index contributed by atoms with van der Waals surface area (Å²) in [6, 6.07) is 3.01. The summed E-state index contributed by atoms with van der Waals surface area (Å²) in [5.41, 5.74) is 0.597. The topological polar surface area (TPSA) is 21.3 Å². The van der Waals surface area contributed by atoms with Crippen LogP contribution in [0.3, 0.4) is 0 Å². The third-order valence-corrected chi connectivity index (χ3v) is 2.87. The van der Waals surface area contributed by atoms with Crippen molar-refractivity contribution in [2.24, 2.45) is 0 Å². The van der Waals surface area contributed by atoms with E-state index in [0.29, 0.717) is 29.1 Å². The summed E-state index contributed by atoms with van der Waals surface area (Å²) in [6.45, 7) is 2.08. The maximum Gasteiger partial charge on any atom is 0.271 e. The molecule has 2 nitrogen and oxygen atoms in total. The second-order valence-electron chi connectivity index (χ2n) is 3.49. The van der Waals surface area contributed by atoms with Crippen molar-refractivity contribution >= 4 is 21.6 Å². The highest BCUT2D eigenvalue weighted by Crippen LogP contribution is 2.40. The molecule has 1 aromatic rings. The number of fused-ring (bicyclic) bond motifs is 1. The molecule has 0 saturated carbocycles. The number of ether oxygens (including phenoxy) is 1. The summed E-state index contributed by atoms with van der Waals surface area (Å²) in [7, 11) is 0. The lowest BCUT2D eigenvalue weighted by atomic mass is 10.1. The summed E-state index contributed by atoms with van der Waals surface area (Å²) >= 11 is 3.12. The van der Waals surface area contributed by atoms with Gasteiger partial charge in [-0.25, -0.2) is 8.78 Å². The first-order valence-corrected chi connectivity index (χ1v) is 5.36. The minimum atomic E-state index is -2.85. The maximum absolute atomic E-state index is 13.2. The number of halogens is 3. The predicted octanol–water partition coefficient (Wildman–Crippen LogP) is 3.37. The Morgan fingerprint density at radius 1 is 1.47 bits per heavy atom. The highest BCUT2D eigenvalue weighted by molar-refractivity contribution is 9.10. The van der Waals surface area contributed by atoms with E-state index in [0.717, 1.165) is 6.92 Å². The molecule has 1 aromatic carbocycles. The molecule has 1 aliphatic heterocycles. The van der Waals surface area contributed by atoms with Crippen molar-refractivity contribution < 1.29 is 13.5 Å². The first-order valence-electron chi connectivity index (χ1n) is 4.57. The van der Waals surface area contributed by atoms with Crippen LogP contribution in [0.15, 0.2) is 16.6 Å². The van der Waals surface area contributed by atoms with Crippen LogP contribution >= 0.6 is 15.9 Å². The smallest absolute Gasteiger partial charge is 0.271 e. The summed E-state index contributed by atoms with van der Waals surface area (Å²) in [6.07, 6.45) is 0. The summed E-state index contributed by atoms with van der Waals surface area (Å²) in [4.78, 5) is 0. The molecule has 1 N–H and O–H groups in total.